The summed E-state index contributed by atoms with van der Waals surface area (Å²) in [5, 5.41) is 0. The molecular weight excluding hydrogens is 262 g/mol. The van der Waals surface area contributed by atoms with Crippen LogP contribution in [0.3, 0.4) is 0 Å². The maximum absolute atomic E-state index is 5.37. The van der Waals surface area contributed by atoms with Gasteiger partial charge in [-0.25, -0.2) is 9.97 Å². The van der Waals surface area contributed by atoms with E-state index >= 15 is 0 Å². The molecule has 0 atom stereocenters. The maximum atomic E-state index is 5.37. The maximum Gasteiger partial charge on any atom is 0.115 e. The first kappa shape index (κ1) is 14.6. The number of hydrogen-bond acceptors (Lipinski definition) is 4. The van der Waals surface area contributed by atoms with Crippen molar-refractivity contribution >= 4 is 29.8 Å². The fourth-order valence-corrected chi connectivity index (χ4v) is 1.50. The zero-order valence-corrected chi connectivity index (χ0v) is 12.0. The molecule has 3 nitrogen and oxygen atoms in total. The molecule has 2 N–H and O–H groups in total. The van der Waals surface area contributed by atoms with Crippen molar-refractivity contribution in [3.63, 3.8) is 0 Å². The van der Waals surface area contributed by atoms with Crippen LogP contribution in [-0.2, 0) is 0 Å². The van der Waals surface area contributed by atoms with Crippen molar-refractivity contribution < 1.29 is 0 Å². The lowest BCUT2D eigenvalue weighted by Gasteiger charge is -1.95. The highest BCUT2D eigenvalue weighted by Crippen LogP contribution is 2.06. The average Bonchev–Trinajstić information content (AvgIpc) is 2.30. The van der Waals surface area contributed by atoms with Crippen LogP contribution < -0.4 is 5.73 Å². The van der Waals surface area contributed by atoms with Crippen LogP contribution in [0.1, 0.15) is 17.0 Å². The Morgan fingerprint density at radius 1 is 1.11 bits per heavy atom. The van der Waals surface area contributed by atoms with Gasteiger partial charge in [0.15, 0.2) is 0 Å². The molecule has 1 aromatic carbocycles. The average molecular weight is 277 g/mol. The molecule has 0 spiro atoms. The lowest BCUT2D eigenvalue weighted by atomic mass is 10.2. The molecule has 0 radical (unpaired) electrons. The molecule has 94 valence electrons. The van der Waals surface area contributed by atoms with E-state index in [0.29, 0.717) is 4.99 Å². The highest BCUT2D eigenvalue weighted by atomic mass is 32.1. The number of thiol groups is 1. The molecular formula is C13H15N3S2. The number of nitrogens with two attached hydrogens (primary N) is 1. The fourth-order valence-electron chi connectivity index (χ4n) is 1.21. The molecule has 0 fully saturated rings. The predicted octanol–water partition coefficient (Wildman–Crippen LogP) is 2.70. The van der Waals surface area contributed by atoms with Crippen molar-refractivity contribution in [3.8, 4) is 0 Å². The van der Waals surface area contributed by atoms with Crippen molar-refractivity contribution in [2.75, 3.05) is 0 Å². The van der Waals surface area contributed by atoms with Crippen LogP contribution in [0.5, 0.6) is 0 Å². The van der Waals surface area contributed by atoms with Gasteiger partial charge in [-0.15, -0.1) is 12.6 Å². The summed E-state index contributed by atoms with van der Waals surface area (Å²) in [7, 11) is 0. The molecule has 5 heteroatoms. The molecule has 0 saturated carbocycles. The Hall–Kier alpha value is -1.46. The minimum absolute atomic E-state index is 0.424. The normalized spacial score (nSPS) is 9.28. The van der Waals surface area contributed by atoms with Gasteiger partial charge in [-0.2, -0.15) is 0 Å². The number of nitrogens with zero attached hydrogens (tertiary/aromatic N) is 2. The molecule has 2 aromatic rings. The Labute approximate surface area is 118 Å². The SMILES string of the molecule is Cc1cc(C)ncn1.NC(=S)c1ccc(S)cc1. The monoisotopic (exact) mass is 277 g/mol. The van der Waals surface area contributed by atoms with E-state index < -0.39 is 0 Å². The van der Waals surface area contributed by atoms with E-state index in [0.717, 1.165) is 21.8 Å². The number of benzene rings is 1. The molecule has 0 bridgehead atoms. The van der Waals surface area contributed by atoms with Gasteiger partial charge < -0.3 is 5.73 Å². The number of rotatable bonds is 1. The van der Waals surface area contributed by atoms with Gasteiger partial charge in [0.2, 0.25) is 0 Å². The summed E-state index contributed by atoms with van der Waals surface area (Å²) in [6.45, 7) is 3.91. The fraction of sp³-hybridized carbons (Fsp3) is 0.154. The summed E-state index contributed by atoms with van der Waals surface area (Å²) in [5.41, 5.74) is 8.30. The Balaban J connectivity index is 0.000000184. The van der Waals surface area contributed by atoms with Crippen LogP contribution >= 0.6 is 24.8 Å². The standard InChI is InChI=1S/C7H7NS2.C6H8N2/c8-7(10)5-1-3-6(9)4-2-5;1-5-3-6(2)8-4-7-5/h1-4,9H,(H2,8,10);3-4H,1-2H3. The summed E-state index contributed by atoms with van der Waals surface area (Å²) in [4.78, 5) is 9.20. The number of aryl methyl sites for hydroxylation is 2. The van der Waals surface area contributed by atoms with E-state index in [1.165, 1.54) is 0 Å². The van der Waals surface area contributed by atoms with Crippen molar-refractivity contribution in [1.29, 1.82) is 0 Å². The summed E-state index contributed by atoms with van der Waals surface area (Å²) in [6.07, 6.45) is 1.57. The van der Waals surface area contributed by atoms with Crippen LogP contribution in [0.25, 0.3) is 0 Å². The number of thiocarbonyl (C=S) groups is 1. The van der Waals surface area contributed by atoms with Crippen LogP contribution in [0.15, 0.2) is 41.6 Å². The topological polar surface area (TPSA) is 51.8 Å². The quantitative estimate of drug-likeness (QED) is 0.621. The molecule has 0 unspecified atom stereocenters. The zero-order chi connectivity index (χ0) is 13.5. The summed E-state index contributed by atoms with van der Waals surface area (Å²) < 4.78 is 0. The van der Waals surface area contributed by atoms with Crippen LogP contribution in [0.4, 0.5) is 0 Å². The first-order valence-electron chi connectivity index (χ1n) is 5.33. The number of aromatic nitrogens is 2. The van der Waals surface area contributed by atoms with Gasteiger partial charge in [-0.1, -0.05) is 24.4 Å². The van der Waals surface area contributed by atoms with Gasteiger partial charge in [-0.05, 0) is 32.0 Å². The van der Waals surface area contributed by atoms with Crippen LogP contribution in [-0.4, -0.2) is 15.0 Å². The van der Waals surface area contributed by atoms with E-state index in [1.54, 1.807) is 6.33 Å². The van der Waals surface area contributed by atoms with E-state index in [2.05, 4.69) is 22.6 Å². The molecule has 18 heavy (non-hydrogen) atoms. The highest BCUT2D eigenvalue weighted by molar-refractivity contribution is 7.80. The lowest BCUT2D eigenvalue weighted by molar-refractivity contribution is 1.05. The molecule has 1 heterocycles. The molecule has 0 saturated heterocycles. The van der Waals surface area contributed by atoms with Gasteiger partial charge in [0.1, 0.15) is 11.3 Å². The molecule has 0 amide bonds. The Bertz CT molecular complexity index is 507. The van der Waals surface area contributed by atoms with Gasteiger partial charge in [0.05, 0.1) is 0 Å². The van der Waals surface area contributed by atoms with Crippen molar-refractivity contribution in [3.05, 3.63) is 53.6 Å². The minimum Gasteiger partial charge on any atom is -0.389 e. The van der Waals surface area contributed by atoms with E-state index in [4.69, 9.17) is 18.0 Å². The Kier molecular flexibility index (Phi) is 5.74. The van der Waals surface area contributed by atoms with E-state index in [1.807, 2.05) is 44.2 Å². The molecule has 0 aliphatic heterocycles. The Morgan fingerprint density at radius 3 is 1.94 bits per heavy atom. The van der Waals surface area contributed by atoms with Gasteiger partial charge in [0, 0.05) is 21.8 Å². The first-order chi connectivity index (χ1) is 8.49. The van der Waals surface area contributed by atoms with E-state index in [-0.39, 0.29) is 0 Å². The van der Waals surface area contributed by atoms with Crippen molar-refractivity contribution in [2.45, 2.75) is 18.7 Å². The highest BCUT2D eigenvalue weighted by Gasteiger charge is 1.92. The molecule has 1 aromatic heterocycles. The summed E-state index contributed by atoms with van der Waals surface area (Å²) in [6, 6.07) is 9.37. The third-order valence-corrected chi connectivity index (χ3v) is 2.63. The first-order valence-corrected chi connectivity index (χ1v) is 6.18. The second-order valence-corrected chi connectivity index (χ2v) is 4.67. The third-order valence-electron chi connectivity index (χ3n) is 2.09. The Morgan fingerprint density at radius 2 is 1.61 bits per heavy atom. The third kappa shape index (κ3) is 5.25. The zero-order valence-electron chi connectivity index (χ0n) is 10.3. The van der Waals surface area contributed by atoms with Crippen molar-refractivity contribution in [2.24, 2.45) is 5.73 Å². The van der Waals surface area contributed by atoms with Crippen LogP contribution in [0.2, 0.25) is 0 Å². The van der Waals surface area contributed by atoms with Crippen LogP contribution in [0, 0.1) is 13.8 Å². The van der Waals surface area contributed by atoms with Gasteiger partial charge in [0.25, 0.3) is 0 Å². The number of hydrogen-bond donors (Lipinski definition) is 2. The predicted molar refractivity (Wildman–Crippen MR) is 81.1 cm³/mol. The molecule has 0 aliphatic rings. The lowest BCUT2D eigenvalue weighted by Crippen LogP contribution is -2.08. The van der Waals surface area contributed by atoms with Gasteiger partial charge >= 0.3 is 0 Å². The van der Waals surface area contributed by atoms with Crippen molar-refractivity contribution in [1.82, 2.24) is 9.97 Å². The van der Waals surface area contributed by atoms with E-state index in [9.17, 15) is 0 Å². The molecule has 2 rings (SSSR count). The smallest absolute Gasteiger partial charge is 0.115 e. The van der Waals surface area contributed by atoms with Gasteiger partial charge in [-0.3, -0.25) is 0 Å². The largest absolute Gasteiger partial charge is 0.389 e. The second kappa shape index (κ2) is 7.08. The summed E-state index contributed by atoms with van der Waals surface area (Å²) in [5.74, 6) is 0. The second-order valence-electron chi connectivity index (χ2n) is 3.71. The summed E-state index contributed by atoms with van der Waals surface area (Å²) >= 11 is 8.87. The minimum atomic E-state index is 0.424. The molecule has 0 aliphatic carbocycles.